The van der Waals surface area contributed by atoms with Gasteiger partial charge in [-0.05, 0) is 17.2 Å². The van der Waals surface area contributed by atoms with Crippen LogP contribution in [0, 0.1) is 0 Å². The Bertz CT molecular complexity index is 649. The summed E-state index contributed by atoms with van der Waals surface area (Å²) in [6.07, 6.45) is 0. The Labute approximate surface area is 116 Å². The van der Waals surface area contributed by atoms with Crippen LogP contribution in [-0.4, -0.2) is 6.67 Å². The van der Waals surface area contributed by atoms with E-state index in [1.165, 1.54) is 26.6 Å². The topological polar surface area (TPSA) is 24.1 Å². The SMILES string of the molecule is c1ccc(C2=C3Sc4ccccc4C3NCN2)cc1. The van der Waals surface area contributed by atoms with Crippen molar-refractivity contribution in [1.82, 2.24) is 10.6 Å². The second-order valence-electron chi connectivity index (χ2n) is 4.74. The monoisotopic (exact) mass is 266 g/mol. The molecule has 1 unspecified atom stereocenters. The fourth-order valence-corrected chi connectivity index (χ4v) is 4.01. The maximum atomic E-state index is 3.55. The standard InChI is InChI=1S/C16H14N2S/c1-2-6-11(7-3-1)14-16-15(18-10-17-14)12-8-4-5-9-13(12)19-16/h1-9,15,17-18H,10H2. The lowest BCUT2D eigenvalue weighted by Gasteiger charge is -2.26. The van der Waals surface area contributed by atoms with Gasteiger partial charge in [0.15, 0.2) is 0 Å². The zero-order valence-electron chi connectivity index (χ0n) is 10.4. The highest BCUT2D eigenvalue weighted by Crippen LogP contribution is 2.50. The Kier molecular flexibility index (Phi) is 2.60. The molecular weight excluding hydrogens is 252 g/mol. The molecule has 0 aliphatic carbocycles. The van der Waals surface area contributed by atoms with Gasteiger partial charge in [0.2, 0.25) is 0 Å². The Morgan fingerprint density at radius 3 is 2.63 bits per heavy atom. The van der Waals surface area contributed by atoms with Gasteiger partial charge in [0.05, 0.1) is 18.4 Å². The minimum atomic E-state index is 0.345. The Morgan fingerprint density at radius 2 is 1.74 bits per heavy atom. The van der Waals surface area contributed by atoms with Crippen molar-refractivity contribution in [2.24, 2.45) is 0 Å². The van der Waals surface area contributed by atoms with E-state index in [0.29, 0.717) is 6.04 Å². The van der Waals surface area contributed by atoms with Gasteiger partial charge in [0.25, 0.3) is 0 Å². The molecule has 0 bridgehead atoms. The molecule has 2 N–H and O–H groups in total. The molecule has 2 aliphatic heterocycles. The molecule has 0 fully saturated rings. The van der Waals surface area contributed by atoms with Crippen LogP contribution in [0.5, 0.6) is 0 Å². The first-order chi connectivity index (χ1) is 9.43. The molecule has 2 aliphatic rings. The van der Waals surface area contributed by atoms with Crippen molar-refractivity contribution >= 4 is 17.5 Å². The summed E-state index contributed by atoms with van der Waals surface area (Å²) in [5, 5.41) is 7.04. The summed E-state index contributed by atoms with van der Waals surface area (Å²) < 4.78 is 0. The summed E-state index contributed by atoms with van der Waals surface area (Å²) >= 11 is 1.88. The first-order valence-corrected chi connectivity index (χ1v) is 7.29. The van der Waals surface area contributed by atoms with Crippen LogP contribution in [0.2, 0.25) is 0 Å². The fourth-order valence-electron chi connectivity index (χ4n) is 2.71. The maximum absolute atomic E-state index is 3.55. The van der Waals surface area contributed by atoms with Crippen molar-refractivity contribution in [2.75, 3.05) is 6.67 Å². The third-order valence-corrected chi connectivity index (χ3v) is 4.84. The maximum Gasteiger partial charge on any atom is 0.0685 e. The van der Waals surface area contributed by atoms with Gasteiger partial charge in [-0.2, -0.15) is 0 Å². The smallest absolute Gasteiger partial charge is 0.0685 e. The molecule has 94 valence electrons. The van der Waals surface area contributed by atoms with Gasteiger partial charge < -0.3 is 5.32 Å². The van der Waals surface area contributed by atoms with Crippen LogP contribution in [-0.2, 0) is 0 Å². The highest BCUT2D eigenvalue weighted by Gasteiger charge is 2.32. The van der Waals surface area contributed by atoms with Crippen LogP contribution in [0.3, 0.4) is 0 Å². The highest BCUT2D eigenvalue weighted by atomic mass is 32.2. The molecule has 2 nitrogen and oxygen atoms in total. The van der Waals surface area contributed by atoms with Crippen molar-refractivity contribution in [1.29, 1.82) is 0 Å². The van der Waals surface area contributed by atoms with Gasteiger partial charge >= 0.3 is 0 Å². The van der Waals surface area contributed by atoms with Crippen molar-refractivity contribution in [3.05, 3.63) is 70.6 Å². The number of nitrogens with one attached hydrogen (secondary N) is 2. The van der Waals surface area contributed by atoms with Crippen LogP contribution in [0.1, 0.15) is 17.2 Å². The molecular formula is C16H14N2S. The van der Waals surface area contributed by atoms with Crippen LogP contribution in [0.25, 0.3) is 5.70 Å². The van der Waals surface area contributed by atoms with Gasteiger partial charge in [0, 0.05) is 9.80 Å². The molecule has 2 heterocycles. The molecule has 0 saturated heterocycles. The van der Waals surface area contributed by atoms with Crippen molar-refractivity contribution in [3.8, 4) is 0 Å². The van der Waals surface area contributed by atoms with Gasteiger partial charge in [0.1, 0.15) is 0 Å². The molecule has 0 radical (unpaired) electrons. The summed E-state index contributed by atoms with van der Waals surface area (Å²) in [4.78, 5) is 2.76. The van der Waals surface area contributed by atoms with E-state index >= 15 is 0 Å². The summed E-state index contributed by atoms with van der Waals surface area (Å²) in [6.45, 7) is 0.813. The quantitative estimate of drug-likeness (QED) is 0.827. The first kappa shape index (κ1) is 11.1. The van der Waals surface area contributed by atoms with Crippen LogP contribution < -0.4 is 10.6 Å². The largest absolute Gasteiger partial charge is 0.371 e. The highest BCUT2D eigenvalue weighted by molar-refractivity contribution is 8.03. The number of rotatable bonds is 1. The predicted molar refractivity (Wildman–Crippen MR) is 79.5 cm³/mol. The number of hydrogen-bond donors (Lipinski definition) is 2. The van der Waals surface area contributed by atoms with Gasteiger partial charge in [-0.15, -0.1) is 0 Å². The number of fused-ring (bicyclic) bond motifs is 3. The summed E-state index contributed by atoms with van der Waals surface area (Å²) in [5.74, 6) is 0. The summed E-state index contributed by atoms with van der Waals surface area (Å²) in [6, 6.07) is 19.6. The third kappa shape index (κ3) is 1.78. The third-order valence-electron chi connectivity index (χ3n) is 3.59. The van der Waals surface area contributed by atoms with E-state index in [4.69, 9.17) is 0 Å². The van der Waals surface area contributed by atoms with Gasteiger partial charge in [-0.25, -0.2) is 0 Å². The van der Waals surface area contributed by atoms with E-state index in [2.05, 4.69) is 65.2 Å². The van der Waals surface area contributed by atoms with Gasteiger partial charge in [-0.3, -0.25) is 5.32 Å². The Balaban J connectivity index is 1.86. The molecule has 0 aromatic heterocycles. The van der Waals surface area contributed by atoms with Gasteiger partial charge in [-0.1, -0.05) is 60.3 Å². The molecule has 1 atom stereocenters. The zero-order valence-corrected chi connectivity index (χ0v) is 11.2. The molecule has 0 spiro atoms. The minimum Gasteiger partial charge on any atom is -0.371 e. The van der Waals surface area contributed by atoms with Crippen LogP contribution in [0.15, 0.2) is 64.4 Å². The molecule has 2 aromatic carbocycles. The summed E-state index contributed by atoms with van der Waals surface area (Å²) in [7, 11) is 0. The molecule has 0 amide bonds. The predicted octanol–water partition coefficient (Wildman–Crippen LogP) is 3.35. The Morgan fingerprint density at radius 1 is 0.947 bits per heavy atom. The molecule has 2 aromatic rings. The second-order valence-corrected chi connectivity index (χ2v) is 5.82. The molecule has 0 saturated carbocycles. The van der Waals surface area contributed by atoms with E-state index in [-0.39, 0.29) is 0 Å². The number of thioether (sulfide) groups is 1. The van der Waals surface area contributed by atoms with E-state index in [0.717, 1.165) is 6.67 Å². The van der Waals surface area contributed by atoms with E-state index in [1.807, 2.05) is 11.8 Å². The average molecular weight is 266 g/mol. The van der Waals surface area contributed by atoms with E-state index in [1.54, 1.807) is 0 Å². The number of hydrogen-bond acceptors (Lipinski definition) is 3. The van der Waals surface area contributed by atoms with Crippen molar-refractivity contribution < 1.29 is 0 Å². The summed E-state index contributed by atoms with van der Waals surface area (Å²) in [5.41, 5.74) is 3.94. The van der Waals surface area contributed by atoms with Crippen molar-refractivity contribution in [3.63, 3.8) is 0 Å². The lowest BCUT2D eigenvalue weighted by Crippen LogP contribution is -2.36. The lowest BCUT2D eigenvalue weighted by atomic mass is 10.0. The van der Waals surface area contributed by atoms with E-state index in [9.17, 15) is 0 Å². The molecule has 19 heavy (non-hydrogen) atoms. The lowest BCUT2D eigenvalue weighted by molar-refractivity contribution is 0.568. The number of benzene rings is 2. The fraction of sp³-hybridized carbons (Fsp3) is 0.125. The second kappa shape index (κ2) is 4.44. The van der Waals surface area contributed by atoms with Crippen molar-refractivity contribution in [2.45, 2.75) is 10.9 Å². The van der Waals surface area contributed by atoms with Crippen LogP contribution in [0.4, 0.5) is 0 Å². The minimum absolute atomic E-state index is 0.345. The normalized spacial score (nSPS) is 20.7. The van der Waals surface area contributed by atoms with E-state index < -0.39 is 0 Å². The first-order valence-electron chi connectivity index (χ1n) is 6.47. The Hall–Kier alpha value is -1.71. The van der Waals surface area contributed by atoms with Crippen LogP contribution >= 0.6 is 11.8 Å². The molecule has 3 heteroatoms. The molecule has 4 rings (SSSR count). The average Bonchev–Trinajstić information content (AvgIpc) is 2.87. The zero-order chi connectivity index (χ0) is 12.7.